The van der Waals surface area contributed by atoms with E-state index in [0.717, 1.165) is 11.3 Å². The van der Waals surface area contributed by atoms with Crippen molar-refractivity contribution < 1.29 is 4.74 Å². The highest BCUT2D eigenvalue weighted by Crippen LogP contribution is 2.29. The minimum Gasteiger partial charge on any atom is -0.493 e. The number of nitrogen functional groups attached to an aromatic ring is 1. The fourth-order valence-corrected chi connectivity index (χ4v) is 1.78. The standard InChI is InChI=1S/C15H20N4O/c1-5-20-11-9-7-6-8-10(11)12-17-13(15(2,3)4)19-14(16)18-12/h6-9H,5H2,1-4H3,(H2,16,17,18,19). The molecule has 106 valence electrons. The number of hydrogen-bond donors (Lipinski definition) is 1. The number of aromatic nitrogens is 3. The molecule has 0 amide bonds. The number of ether oxygens (including phenoxy) is 1. The first-order valence-electron chi connectivity index (χ1n) is 6.66. The van der Waals surface area contributed by atoms with Crippen molar-refractivity contribution in [2.75, 3.05) is 12.3 Å². The molecule has 0 fully saturated rings. The Morgan fingerprint density at radius 1 is 1.10 bits per heavy atom. The zero-order valence-corrected chi connectivity index (χ0v) is 12.3. The van der Waals surface area contributed by atoms with E-state index in [1.165, 1.54) is 0 Å². The molecule has 0 atom stereocenters. The Balaban J connectivity index is 2.56. The minimum absolute atomic E-state index is 0.188. The van der Waals surface area contributed by atoms with Crippen LogP contribution in [0.15, 0.2) is 24.3 Å². The molecule has 20 heavy (non-hydrogen) atoms. The molecule has 0 saturated carbocycles. The molecule has 2 aromatic rings. The molecular formula is C15H20N4O. The molecule has 2 rings (SSSR count). The quantitative estimate of drug-likeness (QED) is 0.930. The van der Waals surface area contributed by atoms with Gasteiger partial charge in [0.25, 0.3) is 0 Å². The number of benzene rings is 1. The van der Waals surface area contributed by atoms with E-state index in [9.17, 15) is 0 Å². The molecular weight excluding hydrogens is 252 g/mol. The van der Waals surface area contributed by atoms with E-state index in [4.69, 9.17) is 10.5 Å². The molecule has 1 aromatic carbocycles. The van der Waals surface area contributed by atoms with Crippen LogP contribution in [0.4, 0.5) is 5.95 Å². The number of rotatable bonds is 3. The zero-order valence-electron chi connectivity index (χ0n) is 12.3. The van der Waals surface area contributed by atoms with Crippen LogP contribution in [0.1, 0.15) is 33.5 Å². The molecule has 0 aliphatic rings. The lowest BCUT2D eigenvalue weighted by atomic mass is 9.96. The van der Waals surface area contributed by atoms with Crippen molar-refractivity contribution in [3.05, 3.63) is 30.1 Å². The molecule has 5 nitrogen and oxygen atoms in total. The van der Waals surface area contributed by atoms with Gasteiger partial charge in [0.05, 0.1) is 12.2 Å². The highest BCUT2D eigenvalue weighted by atomic mass is 16.5. The zero-order chi connectivity index (χ0) is 14.8. The Morgan fingerprint density at radius 2 is 1.80 bits per heavy atom. The molecule has 0 aliphatic carbocycles. The fraction of sp³-hybridized carbons (Fsp3) is 0.400. The van der Waals surface area contributed by atoms with Crippen LogP contribution in [0.25, 0.3) is 11.4 Å². The molecule has 0 unspecified atom stereocenters. The van der Waals surface area contributed by atoms with Gasteiger partial charge in [-0.3, -0.25) is 0 Å². The molecule has 1 aromatic heterocycles. The van der Waals surface area contributed by atoms with Gasteiger partial charge in [0.15, 0.2) is 5.82 Å². The normalized spacial score (nSPS) is 11.4. The molecule has 0 aliphatic heterocycles. The maximum Gasteiger partial charge on any atom is 0.223 e. The number of para-hydroxylation sites is 1. The average Bonchev–Trinajstić information content (AvgIpc) is 2.38. The Bertz CT molecular complexity index is 605. The van der Waals surface area contributed by atoms with Crippen LogP contribution >= 0.6 is 0 Å². The minimum atomic E-state index is -0.188. The van der Waals surface area contributed by atoms with Crippen LogP contribution < -0.4 is 10.5 Å². The molecule has 0 spiro atoms. The summed E-state index contributed by atoms with van der Waals surface area (Å²) < 4.78 is 5.62. The molecule has 2 N–H and O–H groups in total. The van der Waals surface area contributed by atoms with Crippen molar-refractivity contribution in [2.24, 2.45) is 0 Å². The second kappa shape index (κ2) is 5.45. The van der Waals surface area contributed by atoms with E-state index < -0.39 is 0 Å². The van der Waals surface area contributed by atoms with Gasteiger partial charge in [-0.2, -0.15) is 9.97 Å². The topological polar surface area (TPSA) is 73.9 Å². The van der Waals surface area contributed by atoms with Gasteiger partial charge in [0, 0.05) is 5.41 Å². The third-order valence-corrected chi connectivity index (χ3v) is 2.75. The SMILES string of the molecule is CCOc1ccccc1-c1nc(N)nc(C(C)(C)C)n1. The van der Waals surface area contributed by atoms with E-state index in [0.29, 0.717) is 18.3 Å². The monoisotopic (exact) mass is 272 g/mol. The maximum atomic E-state index is 5.81. The van der Waals surface area contributed by atoms with Gasteiger partial charge in [-0.25, -0.2) is 4.98 Å². The number of nitrogens with zero attached hydrogens (tertiary/aromatic N) is 3. The van der Waals surface area contributed by atoms with Crippen molar-refractivity contribution in [2.45, 2.75) is 33.1 Å². The molecule has 0 saturated heterocycles. The van der Waals surface area contributed by atoms with E-state index in [1.54, 1.807) is 0 Å². The van der Waals surface area contributed by atoms with E-state index >= 15 is 0 Å². The Morgan fingerprint density at radius 3 is 2.45 bits per heavy atom. The Hall–Kier alpha value is -2.17. The van der Waals surface area contributed by atoms with E-state index in [2.05, 4.69) is 15.0 Å². The van der Waals surface area contributed by atoms with E-state index in [-0.39, 0.29) is 11.4 Å². The van der Waals surface area contributed by atoms with Gasteiger partial charge in [-0.1, -0.05) is 32.9 Å². The van der Waals surface area contributed by atoms with Crippen molar-refractivity contribution >= 4 is 5.95 Å². The largest absolute Gasteiger partial charge is 0.493 e. The second-order valence-electron chi connectivity index (χ2n) is 5.52. The van der Waals surface area contributed by atoms with Crippen molar-refractivity contribution in [1.82, 2.24) is 15.0 Å². The van der Waals surface area contributed by atoms with Crippen LogP contribution in [-0.4, -0.2) is 21.6 Å². The molecule has 1 heterocycles. The van der Waals surface area contributed by atoms with Gasteiger partial charge in [-0.05, 0) is 19.1 Å². The van der Waals surface area contributed by atoms with E-state index in [1.807, 2.05) is 52.0 Å². The Labute approximate surface area is 119 Å². The molecule has 0 bridgehead atoms. The first kappa shape index (κ1) is 14.2. The van der Waals surface area contributed by atoms with Gasteiger partial charge >= 0.3 is 0 Å². The summed E-state index contributed by atoms with van der Waals surface area (Å²) in [5, 5.41) is 0. The first-order valence-corrected chi connectivity index (χ1v) is 6.66. The van der Waals surface area contributed by atoms with Crippen LogP contribution in [0.5, 0.6) is 5.75 Å². The van der Waals surface area contributed by atoms with Crippen LogP contribution in [0.3, 0.4) is 0 Å². The van der Waals surface area contributed by atoms with Crippen LogP contribution in [0, 0.1) is 0 Å². The number of hydrogen-bond acceptors (Lipinski definition) is 5. The van der Waals surface area contributed by atoms with Gasteiger partial charge in [0.2, 0.25) is 5.95 Å². The predicted molar refractivity (Wildman–Crippen MR) is 79.5 cm³/mol. The lowest BCUT2D eigenvalue weighted by molar-refractivity contribution is 0.341. The summed E-state index contributed by atoms with van der Waals surface area (Å²) in [5.74, 6) is 2.20. The highest BCUT2D eigenvalue weighted by molar-refractivity contribution is 5.64. The molecule has 0 radical (unpaired) electrons. The van der Waals surface area contributed by atoms with Crippen molar-refractivity contribution in [3.8, 4) is 17.1 Å². The fourth-order valence-electron chi connectivity index (χ4n) is 1.78. The summed E-state index contributed by atoms with van der Waals surface area (Å²) in [7, 11) is 0. The summed E-state index contributed by atoms with van der Waals surface area (Å²) in [6.45, 7) is 8.66. The van der Waals surface area contributed by atoms with Crippen molar-refractivity contribution in [3.63, 3.8) is 0 Å². The number of anilines is 1. The van der Waals surface area contributed by atoms with Crippen molar-refractivity contribution in [1.29, 1.82) is 0 Å². The summed E-state index contributed by atoms with van der Waals surface area (Å²) >= 11 is 0. The summed E-state index contributed by atoms with van der Waals surface area (Å²) in [5.41, 5.74) is 6.45. The maximum absolute atomic E-state index is 5.81. The average molecular weight is 272 g/mol. The third-order valence-electron chi connectivity index (χ3n) is 2.75. The third kappa shape index (κ3) is 3.04. The van der Waals surface area contributed by atoms with Crippen LogP contribution in [0.2, 0.25) is 0 Å². The molecule has 5 heteroatoms. The summed E-state index contributed by atoms with van der Waals surface area (Å²) in [6, 6.07) is 7.67. The predicted octanol–water partition coefficient (Wildman–Crippen LogP) is 2.82. The summed E-state index contributed by atoms with van der Waals surface area (Å²) in [4.78, 5) is 13.0. The lowest BCUT2D eigenvalue weighted by Gasteiger charge is -2.17. The smallest absolute Gasteiger partial charge is 0.223 e. The summed E-state index contributed by atoms with van der Waals surface area (Å²) in [6.07, 6.45) is 0. The number of nitrogens with two attached hydrogens (primary N) is 1. The lowest BCUT2D eigenvalue weighted by Crippen LogP contribution is -2.18. The highest BCUT2D eigenvalue weighted by Gasteiger charge is 2.20. The van der Waals surface area contributed by atoms with Gasteiger partial charge in [-0.15, -0.1) is 0 Å². The first-order chi connectivity index (χ1) is 9.41. The Kier molecular flexibility index (Phi) is 3.88. The van der Waals surface area contributed by atoms with Crippen LogP contribution in [-0.2, 0) is 5.41 Å². The second-order valence-corrected chi connectivity index (χ2v) is 5.52. The van der Waals surface area contributed by atoms with Gasteiger partial charge < -0.3 is 10.5 Å². The van der Waals surface area contributed by atoms with Gasteiger partial charge in [0.1, 0.15) is 11.6 Å².